The van der Waals surface area contributed by atoms with Crippen molar-refractivity contribution in [2.24, 2.45) is 0 Å². The molecule has 1 N–H and O–H groups in total. The summed E-state index contributed by atoms with van der Waals surface area (Å²) in [6, 6.07) is 0.571. The molecule has 1 aromatic heterocycles. The average molecular weight is 228 g/mol. The Morgan fingerprint density at radius 1 is 1.40 bits per heavy atom. The van der Waals surface area contributed by atoms with E-state index in [2.05, 4.69) is 24.1 Å². The predicted octanol–water partition coefficient (Wildman–Crippen LogP) is 2.77. The zero-order chi connectivity index (χ0) is 11.3. The molecule has 0 aliphatic heterocycles. The smallest absolute Gasteiger partial charge is 0.256 e. The van der Waals surface area contributed by atoms with E-state index < -0.39 is 0 Å². The number of nitrogens with zero attached hydrogens (tertiary/aromatic N) is 1. The van der Waals surface area contributed by atoms with Crippen molar-refractivity contribution in [1.29, 1.82) is 0 Å². The molecule has 0 saturated heterocycles. The monoisotopic (exact) mass is 228 g/mol. The topological polar surface area (TPSA) is 38.1 Å². The Hall–Kier alpha value is -0.480. The lowest BCUT2D eigenvalue weighted by atomic mass is 10.4. The van der Waals surface area contributed by atoms with E-state index in [1.54, 1.807) is 11.8 Å². The van der Waals surface area contributed by atoms with Crippen molar-refractivity contribution < 1.29 is 4.42 Å². The van der Waals surface area contributed by atoms with Crippen LogP contribution in [0, 0.1) is 13.8 Å². The van der Waals surface area contributed by atoms with Gasteiger partial charge in [-0.05, 0) is 26.8 Å². The van der Waals surface area contributed by atoms with Crippen LogP contribution < -0.4 is 5.32 Å². The second-order valence-corrected chi connectivity index (χ2v) is 4.98. The molecule has 3 nitrogen and oxygen atoms in total. The highest BCUT2D eigenvalue weighted by Crippen LogP contribution is 2.20. The van der Waals surface area contributed by atoms with Gasteiger partial charge in [0.05, 0.1) is 5.69 Å². The molecule has 1 aromatic rings. The van der Waals surface area contributed by atoms with Gasteiger partial charge >= 0.3 is 0 Å². The number of hydrogen-bond acceptors (Lipinski definition) is 4. The Balaban J connectivity index is 2.15. The van der Waals surface area contributed by atoms with Crippen molar-refractivity contribution in [3.05, 3.63) is 11.5 Å². The first-order valence-corrected chi connectivity index (χ1v) is 6.38. The highest BCUT2D eigenvalue weighted by Gasteiger charge is 2.05. The molecule has 0 amide bonds. The Bertz CT molecular complexity index is 277. The van der Waals surface area contributed by atoms with E-state index in [1.807, 2.05) is 13.8 Å². The van der Waals surface area contributed by atoms with Crippen LogP contribution in [0.15, 0.2) is 9.64 Å². The Morgan fingerprint density at radius 2 is 2.13 bits per heavy atom. The lowest BCUT2D eigenvalue weighted by Crippen LogP contribution is -2.23. The first-order chi connectivity index (χ1) is 7.09. The molecule has 1 rings (SSSR count). The van der Waals surface area contributed by atoms with E-state index in [0.717, 1.165) is 35.4 Å². The number of thioether (sulfide) groups is 1. The fourth-order valence-corrected chi connectivity index (χ4v) is 1.98. The van der Waals surface area contributed by atoms with Crippen molar-refractivity contribution in [2.75, 3.05) is 12.3 Å². The second kappa shape index (κ2) is 6.18. The van der Waals surface area contributed by atoms with E-state index >= 15 is 0 Å². The molecule has 0 unspecified atom stereocenters. The molecule has 0 aromatic carbocycles. The number of hydrogen-bond donors (Lipinski definition) is 1. The van der Waals surface area contributed by atoms with Crippen molar-refractivity contribution in [2.45, 2.75) is 45.4 Å². The van der Waals surface area contributed by atoms with Crippen LogP contribution in [0.4, 0.5) is 0 Å². The summed E-state index contributed by atoms with van der Waals surface area (Å²) < 4.78 is 5.47. The Morgan fingerprint density at radius 3 is 2.67 bits per heavy atom. The summed E-state index contributed by atoms with van der Waals surface area (Å²) in [6.07, 6.45) is 1.14. The number of oxazole rings is 1. The highest BCUT2D eigenvalue weighted by molar-refractivity contribution is 7.99. The lowest BCUT2D eigenvalue weighted by Gasteiger charge is -2.06. The standard InChI is InChI=1S/C11H20N2OS/c1-8(2)12-6-5-7-15-11-13-9(3)10(4)14-11/h8,12H,5-7H2,1-4H3. The summed E-state index contributed by atoms with van der Waals surface area (Å²) in [5, 5.41) is 4.18. The lowest BCUT2D eigenvalue weighted by molar-refractivity contribution is 0.431. The number of rotatable bonds is 6. The van der Waals surface area contributed by atoms with Crippen LogP contribution in [-0.4, -0.2) is 23.3 Å². The van der Waals surface area contributed by atoms with Gasteiger partial charge in [0.25, 0.3) is 5.22 Å². The fraction of sp³-hybridized carbons (Fsp3) is 0.727. The summed E-state index contributed by atoms with van der Waals surface area (Å²) in [7, 11) is 0. The number of aromatic nitrogens is 1. The maximum absolute atomic E-state index is 5.47. The number of nitrogens with one attached hydrogen (secondary N) is 1. The van der Waals surface area contributed by atoms with Gasteiger partial charge in [-0.15, -0.1) is 0 Å². The third kappa shape index (κ3) is 4.71. The normalized spacial score (nSPS) is 11.3. The van der Waals surface area contributed by atoms with Gasteiger partial charge in [0.1, 0.15) is 5.76 Å². The maximum atomic E-state index is 5.47. The van der Waals surface area contributed by atoms with Crippen molar-refractivity contribution >= 4 is 11.8 Å². The second-order valence-electron chi connectivity index (χ2n) is 3.93. The minimum atomic E-state index is 0.571. The molecule has 0 aliphatic rings. The van der Waals surface area contributed by atoms with Gasteiger partial charge in [-0.3, -0.25) is 0 Å². The van der Waals surface area contributed by atoms with E-state index in [1.165, 1.54) is 0 Å². The molecule has 0 saturated carbocycles. The highest BCUT2D eigenvalue weighted by atomic mass is 32.2. The van der Waals surface area contributed by atoms with Gasteiger partial charge in [-0.1, -0.05) is 25.6 Å². The molecule has 0 bridgehead atoms. The minimum absolute atomic E-state index is 0.571. The quantitative estimate of drug-likeness (QED) is 0.600. The summed E-state index contributed by atoms with van der Waals surface area (Å²) in [5.74, 6) is 1.98. The minimum Gasteiger partial charge on any atom is -0.437 e. The zero-order valence-electron chi connectivity index (χ0n) is 9.96. The van der Waals surface area contributed by atoms with Crippen molar-refractivity contribution in [1.82, 2.24) is 10.3 Å². The third-order valence-electron chi connectivity index (χ3n) is 2.11. The van der Waals surface area contributed by atoms with Crippen LogP contribution in [0.3, 0.4) is 0 Å². The van der Waals surface area contributed by atoms with Gasteiger partial charge in [-0.25, -0.2) is 4.98 Å². The molecule has 15 heavy (non-hydrogen) atoms. The number of aryl methyl sites for hydroxylation is 2. The molecule has 0 aliphatic carbocycles. The molecule has 0 radical (unpaired) electrons. The van der Waals surface area contributed by atoms with Gasteiger partial charge < -0.3 is 9.73 Å². The largest absolute Gasteiger partial charge is 0.437 e. The average Bonchev–Trinajstić information content (AvgIpc) is 2.45. The van der Waals surface area contributed by atoms with Crippen LogP contribution in [0.5, 0.6) is 0 Å². The molecule has 1 heterocycles. The van der Waals surface area contributed by atoms with Gasteiger partial charge in [0, 0.05) is 11.8 Å². The first-order valence-electron chi connectivity index (χ1n) is 5.40. The molecule has 86 valence electrons. The summed E-state index contributed by atoms with van der Waals surface area (Å²) >= 11 is 1.69. The SMILES string of the molecule is Cc1nc(SCCCNC(C)C)oc1C. The molecule has 0 spiro atoms. The van der Waals surface area contributed by atoms with Crippen molar-refractivity contribution in [3.8, 4) is 0 Å². The van der Waals surface area contributed by atoms with E-state index in [9.17, 15) is 0 Å². The van der Waals surface area contributed by atoms with E-state index in [0.29, 0.717) is 6.04 Å². The van der Waals surface area contributed by atoms with Crippen LogP contribution in [0.25, 0.3) is 0 Å². The third-order valence-corrected chi connectivity index (χ3v) is 3.02. The Labute approximate surface area is 96.0 Å². The summed E-state index contributed by atoms with van der Waals surface area (Å²) in [4.78, 5) is 4.32. The predicted molar refractivity (Wildman–Crippen MR) is 64.5 cm³/mol. The van der Waals surface area contributed by atoms with E-state index in [-0.39, 0.29) is 0 Å². The molecular formula is C11H20N2OS. The summed E-state index contributed by atoms with van der Waals surface area (Å²) in [6.45, 7) is 9.31. The van der Waals surface area contributed by atoms with Gasteiger partial charge in [0.15, 0.2) is 0 Å². The van der Waals surface area contributed by atoms with Crippen LogP contribution in [0.2, 0.25) is 0 Å². The fourth-order valence-electron chi connectivity index (χ4n) is 1.13. The Kier molecular flexibility index (Phi) is 5.19. The molecule has 0 atom stereocenters. The van der Waals surface area contributed by atoms with Crippen molar-refractivity contribution in [3.63, 3.8) is 0 Å². The molecule has 0 fully saturated rings. The zero-order valence-corrected chi connectivity index (χ0v) is 10.8. The van der Waals surface area contributed by atoms with Gasteiger partial charge in [0.2, 0.25) is 0 Å². The van der Waals surface area contributed by atoms with Gasteiger partial charge in [-0.2, -0.15) is 0 Å². The summed E-state index contributed by atoms with van der Waals surface area (Å²) in [5.41, 5.74) is 0.998. The maximum Gasteiger partial charge on any atom is 0.256 e. The van der Waals surface area contributed by atoms with Crippen LogP contribution in [-0.2, 0) is 0 Å². The van der Waals surface area contributed by atoms with Crippen LogP contribution in [0.1, 0.15) is 31.7 Å². The van der Waals surface area contributed by atoms with Crippen LogP contribution >= 0.6 is 11.8 Å². The molecular weight excluding hydrogens is 208 g/mol. The van der Waals surface area contributed by atoms with E-state index in [4.69, 9.17) is 4.42 Å². The first kappa shape index (κ1) is 12.6. The molecule has 4 heteroatoms.